The molecule has 4 aromatic rings. The lowest BCUT2D eigenvalue weighted by molar-refractivity contribution is -0.155. The molecule has 356 valence electrons. The molecule has 8 heterocycles. The molecule has 3 aromatic heterocycles. The number of fused-ring (bicyclic) bond motifs is 6. The van der Waals surface area contributed by atoms with Gasteiger partial charge in [-0.3, -0.25) is 34.0 Å². The van der Waals surface area contributed by atoms with Crippen molar-refractivity contribution in [2.24, 2.45) is 16.7 Å². The van der Waals surface area contributed by atoms with E-state index in [9.17, 15) is 24.0 Å². The first kappa shape index (κ1) is 45.6. The van der Waals surface area contributed by atoms with Gasteiger partial charge >= 0.3 is 5.97 Å². The van der Waals surface area contributed by atoms with Crippen LogP contribution in [-0.4, -0.2) is 122 Å². The number of pyridine rings is 1. The Morgan fingerprint density at radius 3 is 2.58 bits per heavy atom. The van der Waals surface area contributed by atoms with Crippen LogP contribution in [0.25, 0.3) is 33.4 Å². The third-order valence-electron chi connectivity index (χ3n) is 15.3. The fraction of sp³-hybridized carbons (Fsp3) is 0.588. The highest BCUT2D eigenvalue weighted by atomic mass is 32.1. The topological polar surface area (TPSA) is 181 Å². The Morgan fingerprint density at radius 1 is 1.03 bits per heavy atom. The van der Waals surface area contributed by atoms with Gasteiger partial charge in [-0.15, -0.1) is 11.3 Å². The predicted octanol–water partition coefficient (Wildman–Crippen LogP) is 5.60. The molecule has 6 bridgehead atoms. The number of benzene rings is 1. The Kier molecular flexibility index (Phi) is 12.3. The van der Waals surface area contributed by atoms with E-state index in [0.29, 0.717) is 69.8 Å². The molecule has 1 spiro atoms. The monoisotopic (exact) mass is 931 g/mol. The first-order valence-corrected chi connectivity index (χ1v) is 25.5. The van der Waals surface area contributed by atoms with Crippen molar-refractivity contribution in [2.75, 3.05) is 39.3 Å². The Morgan fingerprint density at radius 2 is 1.82 bits per heavy atom. The second-order valence-electron chi connectivity index (χ2n) is 21.0. The highest BCUT2D eigenvalue weighted by molar-refractivity contribution is 7.10. The van der Waals surface area contributed by atoms with Crippen molar-refractivity contribution >= 4 is 51.8 Å². The van der Waals surface area contributed by atoms with Gasteiger partial charge < -0.3 is 29.7 Å². The smallest absolute Gasteiger partial charge is 0.324 e. The lowest BCUT2D eigenvalue weighted by Crippen LogP contribution is -2.62. The van der Waals surface area contributed by atoms with Gasteiger partial charge in [0.25, 0.3) is 5.91 Å². The van der Waals surface area contributed by atoms with Crippen LogP contribution in [0, 0.1) is 16.7 Å². The maximum Gasteiger partial charge on any atom is 0.324 e. The highest BCUT2D eigenvalue weighted by Crippen LogP contribution is 2.45. The molecule has 4 amide bonds. The summed E-state index contributed by atoms with van der Waals surface area (Å²) in [5.41, 5.74) is 9.25. The molecular formula is C51H65N9O6S. The summed E-state index contributed by atoms with van der Waals surface area (Å²) in [6, 6.07) is 7.96. The van der Waals surface area contributed by atoms with Crippen molar-refractivity contribution in [3.8, 4) is 22.5 Å². The largest absolute Gasteiger partial charge is 0.464 e. The summed E-state index contributed by atoms with van der Waals surface area (Å²) in [6.07, 6.45) is 8.40. The summed E-state index contributed by atoms with van der Waals surface area (Å²) in [7, 11) is 0. The van der Waals surface area contributed by atoms with E-state index in [-0.39, 0.29) is 54.5 Å². The second-order valence-corrected chi connectivity index (χ2v) is 22.0. The molecule has 5 atom stereocenters. The molecule has 4 saturated heterocycles. The number of hydrogen-bond acceptors (Lipinski definition) is 11. The SMILES string of the molecule is CCn1c(-c2cccnc2C(C)C)c2c3cc(ccc31)-c1csc(n1)C[C@H](NC(=O)[C@H](C1CCCC1)N1CC[C@]3(CCN(C(=O)[C@H]4CN4)C3)C1=O)C(=O)N1CCC[C@H](N1)C(=O)OCC(C)(C)C2. The van der Waals surface area contributed by atoms with E-state index < -0.39 is 34.9 Å². The number of likely N-dealkylation sites (tertiary alicyclic amines) is 2. The molecule has 5 fully saturated rings. The van der Waals surface area contributed by atoms with E-state index in [1.54, 1.807) is 4.90 Å². The van der Waals surface area contributed by atoms with E-state index in [0.717, 1.165) is 76.9 Å². The molecule has 16 heteroatoms. The van der Waals surface area contributed by atoms with Crippen molar-refractivity contribution in [1.29, 1.82) is 0 Å². The number of nitrogens with zero attached hydrogens (tertiary/aromatic N) is 6. The Hall–Kier alpha value is -5.19. The average Bonchev–Trinajstić information content (AvgIpc) is 3.73. The molecule has 5 aliphatic heterocycles. The van der Waals surface area contributed by atoms with Crippen LogP contribution in [0.1, 0.15) is 108 Å². The van der Waals surface area contributed by atoms with Crippen LogP contribution in [0.2, 0.25) is 0 Å². The zero-order chi connectivity index (χ0) is 46.8. The first-order valence-electron chi connectivity index (χ1n) is 24.7. The third kappa shape index (κ3) is 8.66. The lowest BCUT2D eigenvalue weighted by Gasteiger charge is -2.37. The first-order chi connectivity index (χ1) is 32.2. The van der Waals surface area contributed by atoms with Gasteiger partial charge in [0.1, 0.15) is 18.1 Å². The van der Waals surface area contributed by atoms with E-state index in [1.807, 2.05) is 22.5 Å². The Labute approximate surface area is 396 Å². The minimum atomic E-state index is -1.03. The van der Waals surface area contributed by atoms with Crippen LogP contribution >= 0.6 is 11.3 Å². The van der Waals surface area contributed by atoms with Gasteiger partial charge in [0.05, 0.1) is 40.2 Å². The number of thiazole rings is 1. The summed E-state index contributed by atoms with van der Waals surface area (Å²) in [5, 5.41) is 11.6. The lowest BCUT2D eigenvalue weighted by atomic mass is 9.84. The van der Waals surface area contributed by atoms with Gasteiger partial charge in [-0.2, -0.15) is 0 Å². The molecule has 6 aliphatic rings. The van der Waals surface area contributed by atoms with E-state index in [4.69, 9.17) is 14.7 Å². The Bertz CT molecular complexity index is 2590. The molecule has 10 rings (SSSR count). The van der Waals surface area contributed by atoms with Gasteiger partial charge in [0.2, 0.25) is 17.7 Å². The molecule has 67 heavy (non-hydrogen) atoms. The fourth-order valence-electron chi connectivity index (χ4n) is 11.7. The van der Waals surface area contributed by atoms with Crippen LogP contribution in [0.3, 0.4) is 0 Å². The van der Waals surface area contributed by atoms with Crippen LogP contribution in [0.4, 0.5) is 0 Å². The van der Waals surface area contributed by atoms with Crippen LogP contribution < -0.4 is 16.1 Å². The number of esters is 1. The van der Waals surface area contributed by atoms with Crippen LogP contribution in [0.15, 0.2) is 41.9 Å². The maximum absolute atomic E-state index is 15.0. The van der Waals surface area contributed by atoms with Crippen molar-refractivity contribution in [2.45, 2.75) is 135 Å². The fourth-order valence-corrected chi connectivity index (χ4v) is 12.6. The van der Waals surface area contributed by atoms with Crippen LogP contribution in [-0.2, 0) is 48.1 Å². The zero-order valence-corrected chi connectivity index (χ0v) is 40.4. The number of hydrogen-bond donors (Lipinski definition) is 3. The van der Waals surface area contributed by atoms with Crippen molar-refractivity contribution in [3.05, 3.63) is 58.2 Å². The molecular weight excluding hydrogens is 867 g/mol. The van der Waals surface area contributed by atoms with Crippen molar-refractivity contribution in [3.63, 3.8) is 0 Å². The molecule has 0 unspecified atom stereocenters. The number of amides is 4. The van der Waals surface area contributed by atoms with Crippen molar-refractivity contribution in [1.82, 2.24) is 45.4 Å². The normalized spacial score (nSPS) is 26.1. The van der Waals surface area contributed by atoms with E-state index in [2.05, 4.69) is 79.5 Å². The summed E-state index contributed by atoms with van der Waals surface area (Å²) < 4.78 is 8.53. The molecule has 1 aliphatic carbocycles. The minimum Gasteiger partial charge on any atom is -0.464 e. The number of carbonyl (C=O) groups is 5. The number of aryl methyl sites for hydroxylation is 1. The van der Waals surface area contributed by atoms with Crippen molar-refractivity contribution < 1.29 is 28.7 Å². The van der Waals surface area contributed by atoms with E-state index >= 15 is 0 Å². The zero-order valence-electron chi connectivity index (χ0n) is 39.6. The molecule has 3 N–H and O–H groups in total. The summed E-state index contributed by atoms with van der Waals surface area (Å²) in [4.78, 5) is 85.0. The molecule has 1 aromatic carbocycles. The summed E-state index contributed by atoms with van der Waals surface area (Å²) in [5.74, 6) is -1.01. The minimum absolute atomic E-state index is 0.0462. The standard InChI is InChI=1S/C51H65N9O6S/c1-6-58-40-16-15-32-23-34(40)35(44(58)33-13-9-19-52-42(33)30(2)3)25-50(4,5)29-66-48(64)36-14-10-20-60(56-36)47(63)37(24-41-54-39(32)27-67-41)55-45(61)43(31-11-7-8-12-31)59-22-18-51(49(59)65)17-21-57(28-51)46(62)38-26-53-38/h9,13,15-16,19,23,27,30-31,36-38,43,53,56H,6-8,10-12,14,17-18,20-22,24-26,28-29H2,1-5H3,(H,55,61)/t36-,37-,38+,43-,51-/m0/s1. The number of ether oxygens (including phenoxy) is 1. The number of aromatic nitrogens is 3. The number of rotatable bonds is 8. The number of cyclic esters (lactones) is 1. The predicted molar refractivity (Wildman–Crippen MR) is 255 cm³/mol. The number of nitrogens with one attached hydrogen (secondary N) is 3. The van der Waals surface area contributed by atoms with Gasteiger partial charge in [-0.05, 0) is 93.5 Å². The number of hydrazine groups is 1. The summed E-state index contributed by atoms with van der Waals surface area (Å²) >= 11 is 1.45. The van der Waals surface area contributed by atoms with Gasteiger partial charge in [0.15, 0.2) is 0 Å². The van der Waals surface area contributed by atoms with Gasteiger partial charge in [-0.25, -0.2) is 10.4 Å². The van der Waals surface area contributed by atoms with Gasteiger partial charge in [0, 0.05) is 84.7 Å². The molecule has 15 nitrogen and oxygen atoms in total. The van der Waals surface area contributed by atoms with Gasteiger partial charge in [-0.1, -0.05) is 46.6 Å². The summed E-state index contributed by atoms with van der Waals surface area (Å²) in [6.45, 7) is 14.0. The maximum atomic E-state index is 15.0. The average molecular weight is 932 g/mol. The second kappa shape index (κ2) is 18.0. The number of carbonyl (C=O) groups excluding carboxylic acids is 5. The third-order valence-corrected chi connectivity index (χ3v) is 16.2. The Balaban J connectivity index is 1.00. The van der Waals surface area contributed by atoms with Crippen LogP contribution in [0.5, 0.6) is 0 Å². The highest BCUT2D eigenvalue weighted by Gasteiger charge is 2.56. The molecule has 1 saturated carbocycles. The molecule has 0 radical (unpaired) electrons. The quantitative estimate of drug-likeness (QED) is 0.149. The van der Waals surface area contributed by atoms with E-state index in [1.165, 1.54) is 16.3 Å².